The van der Waals surface area contributed by atoms with Gasteiger partial charge in [-0.3, -0.25) is 0 Å². The van der Waals surface area contributed by atoms with Crippen molar-refractivity contribution in [3.63, 3.8) is 0 Å². The lowest BCUT2D eigenvalue weighted by molar-refractivity contribution is 0.448. The highest BCUT2D eigenvalue weighted by Gasteiger charge is 2.10. The molecule has 0 bridgehead atoms. The SMILES string of the molecule is CNc1nccc(Nc2cc(F)c(F)c(F)c2)n1. The summed E-state index contributed by atoms with van der Waals surface area (Å²) in [5.74, 6) is -3.34. The molecule has 0 saturated heterocycles. The van der Waals surface area contributed by atoms with Crippen LogP contribution in [0.2, 0.25) is 0 Å². The van der Waals surface area contributed by atoms with Crippen molar-refractivity contribution < 1.29 is 13.2 Å². The largest absolute Gasteiger partial charge is 0.357 e. The maximum Gasteiger partial charge on any atom is 0.224 e. The highest BCUT2D eigenvalue weighted by Crippen LogP contribution is 2.20. The van der Waals surface area contributed by atoms with Gasteiger partial charge in [0.25, 0.3) is 0 Å². The van der Waals surface area contributed by atoms with Crippen LogP contribution in [-0.4, -0.2) is 17.0 Å². The third-order valence-electron chi connectivity index (χ3n) is 2.14. The Morgan fingerprint density at radius 3 is 2.39 bits per heavy atom. The second kappa shape index (κ2) is 4.91. The first-order valence-electron chi connectivity index (χ1n) is 5.02. The van der Waals surface area contributed by atoms with E-state index in [9.17, 15) is 13.2 Å². The lowest BCUT2D eigenvalue weighted by Crippen LogP contribution is -2.01. The van der Waals surface area contributed by atoms with Crippen LogP contribution < -0.4 is 10.6 Å². The Balaban J connectivity index is 2.28. The summed E-state index contributed by atoms with van der Waals surface area (Å²) in [7, 11) is 1.64. The van der Waals surface area contributed by atoms with Gasteiger partial charge in [0.05, 0.1) is 0 Å². The van der Waals surface area contributed by atoms with Gasteiger partial charge in [0.15, 0.2) is 17.5 Å². The minimum absolute atomic E-state index is 0.0622. The summed E-state index contributed by atoms with van der Waals surface area (Å²) in [5, 5.41) is 5.36. The fourth-order valence-electron chi connectivity index (χ4n) is 1.32. The second-order valence-corrected chi connectivity index (χ2v) is 3.39. The molecule has 94 valence electrons. The van der Waals surface area contributed by atoms with Gasteiger partial charge in [0.2, 0.25) is 5.95 Å². The predicted octanol–water partition coefficient (Wildman–Crippen LogP) is 2.68. The zero-order valence-corrected chi connectivity index (χ0v) is 9.34. The molecule has 2 N–H and O–H groups in total. The third-order valence-corrected chi connectivity index (χ3v) is 2.14. The highest BCUT2D eigenvalue weighted by atomic mass is 19.2. The van der Waals surface area contributed by atoms with Crippen molar-refractivity contribution in [1.29, 1.82) is 0 Å². The molecular weight excluding hydrogens is 245 g/mol. The molecule has 4 nitrogen and oxygen atoms in total. The Labute approximate surface area is 101 Å². The lowest BCUT2D eigenvalue weighted by atomic mass is 10.3. The molecule has 2 rings (SSSR count). The summed E-state index contributed by atoms with van der Waals surface area (Å²) < 4.78 is 38.7. The Hall–Kier alpha value is -2.31. The molecule has 0 atom stereocenters. The van der Waals surface area contributed by atoms with Crippen molar-refractivity contribution in [1.82, 2.24) is 9.97 Å². The van der Waals surface area contributed by atoms with Crippen molar-refractivity contribution in [2.45, 2.75) is 0 Å². The van der Waals surface area contributed by atoms with E-state index in [4.69, 9.17) is 0 Å². The molecule has 0 amide bonds. The quantitative estimate of drug-likeness (QED) is 0.827. The van der Waals surface area contributed by atoms with Crippen molar-refractivity contribution in [2.75, 3.05) is 17.7 Å². The summed E-state index contributed by atoms with van der Waals surface area (Å²) in [6, 6.07) is 3.21. The third kappa shape index (κ3) is 2.50. The molecular formula is C11H9F3N4. The number of benzene rings is 1. The van der Waals surface area contributed by atoms with Crippen LogP contribution in [0.25, 0.3) is 0 Å². The Bertz CT molecular complexity index is 551. The van der Waals surface area contributed by atoms with Crippen LogP contribution in [0.4, 0.5) is 30.6 Å². The van der Waals surface area contributed by atoms with E-state index in [0.29, 0.717) is 11.8 Å². The maximum absolute atomic E-state index is 13.0. The average Bonchev–Trinajstić information content (AvgIpc) is 2.36. The summed E-state index contributed by atoms with van der Waals surface area (Å²) >= 11 is 0. The summed E-state index contributed by atoms with van der Waals surface area (Å²) in [6.07, 6.45) is 1.47. The number of halogens is 3. The molecule has 1 heterocycles. The van der Waals surface area contributed by atoms with Crippen molar-refractivity contribution in [3.05, 3.63) is 41.8 Å². The zero-order chi connectivity index (χ0) is 13.1. The number of anilines is 3. The van der Waals surface area contributed by atoms with E-state index in [0.717, 1.165) is 12.1 Å². The average molecular weight is 254 g/mol. The molecule has 0 radical (unpaired) electrons. The molecule has 0 fully saturated rings. The number of rotatable bonds is 3. The van der Waals surface area contributed by atoms with Crippen molar-refractivity contribution in [3.8, 4) is 0 Å². The minimum atomic E-state index is -1.50. The minimum Gasteiger partial charge on any atom is -0.357 e. The second-order valence-electron chi connectivity index (χ2n) is 3.39. The van der Waals surface area contributed by atoms with E-state index in [2.05, 4.69) is 20.6 Å². The molecule has 1 aromatic carbocycles. The van der Waals surface area contributed by atoms with Gasteiger partial charge in [-0.25, -0.2) is 18.2 Å². The highest BCUT2D eigenvalue weighted by molar-refractivity contribution is 5.57. The standard InChI is InChI=1S/C11H9F3N4/c1-15-11-16-3-2-9(18-11)17-6-4-7(12)10(14)8(13)5-6/h2-5H,1H3,(H2,15,16,17,18). The Kier molecular flexibility index (Phi) is 3.31. The summed E-state index contributed by atoms with van der Waals surface area (Å²) in [5.41, 5.74) is 0.0622. The number of nitrogens with zero attached hydrogens (tertiary/aromatic N) is 2. The monoisotopic (exact) mass is 254 g/mol. The van der Waals surface area contributed by atoms with E-state index in [1.165, 1.54) is 12.3 Å². The lowest BCUT2D eigenvalue weighted by Gasteiger charge is -2.07. The van der Waals surface area contributed by atoms with Gasteiger partial charge in [-0.1, -0.05) is 0 Å². The summed E-state index contributed by atoms with van der Waals surface area (Å²) in [6.45, 7) is 0. The molecule has 0 spiro atoms. The van der Waals surface area contributed by atoms with Crippen LogP contribution in [-0.2, 0) is 0 Å². The van der Waals surface area contributed by atoms with Gasteiger partial charge in [-0.2, -0.15) is 4.98 Å². The van der Waals surface area contributed by atoms with Crippen LogP contribution in [0.3, 0.4) is 0 Å². The van der Waals surface area contributed by atoms with E-state index in [1.807, 2.05) is 0 Å². The summed E-state index contributed by atoms with van der Waals surface area (Å²) in [4.78, 5) is 7.87. The normalized spacial score (nSPS) is 10.2. The van der Waals surface area contributed by atoms with Crippen molar-refractivity contribution in [2.24, 2.45) is 0 Å². The van der Waals surface area contributed by atoms with Gasteiger partial charge in [-0.15, -0.1) is 0 Å². The van der Waals surface area contributed by atoms with E-state index in [1.54, 1.807) is 7.05 Å². The molecule has 18 heavy (non-hydrogen) atoms. The van der Waals surface area contributed by atoms with Gasteiger partial charge in [-0.05, 0) is 6.07 Å². The van der Waals surface area contributed by atoms with E-state index in [-0.39, 0.29) is 5.69 Å². The zero-order valence-electron chi connectivity index (χ0n) is 9.34. The van der Waals surface area contributed by atoms with Crippen LogP contribution in [0.5, 0.6) is 0 Å². The topological polar surface area (TPSA) is 49.8 Å². The number of hydrogen-bond acceptors (Lipinski definition) is 4. The fraction of sp³-hybridized carbons (Fsp3) is 0.0909. The van der Waals surface area contributed by atoms with Crippen molar-refractivity contribution >= 4 is 17.5 Å². The van der Waals surface area contributed by atoms with Crippen LogP contribution >= 0.6 is 0 Å². The molecule has 0 aliphatic carbocycles. The molecule has 0 saturated carbocycles. The van der Waals surface area contributed by atoms with Crippen LogP contribution in [0.1, 0.15) is 0 Å². The molecule has 0 aliphatic heterocycles. The first-order valence-corrected chi connectivity index (χ1v) is 5.02. The number of nitrogens with one attached hydrogen (secondary N) is 2. The van der Waals surface area contributed by atoms with Gasteiger partial charge in [0, 0.05) is 31.1 Å². The van der Waals surface area contributed by atoms with Crippen LogP contribution in [0, 0.1) is 17.5 Å². The van der Waals surface area contributed by atoms with Gasteiger partial charge in [0.1, 0.15) is 5.82 Å². The Morgan fingerprint density at radius 2 is 1.78 bits per heavy atom. The van der Waals surface area contributed by atoms with E-state index < -0.39 is 17.5 Å². The molecule has 0 aliphatic rings. The smallest absolute Gasteiger partial charge is 0.224 e. The van der Waals surface area contributed by atoms with E-state index >= 15 is 0 Å². The number of hydrogen-bond donors (Lipinski definition) is 2. The van der Waals surface area contributed by atoms with Gasteiger partial charge >= 0.3 is 0 Å². The predicted molar refractivity (Wildman–Crippen MR) is 61.2 cm³/mol. The van der Waals surface area contributed by atoms with Crippen LogP contribution in [0.15, 0.2) is 24.4 Å². The molecule has 7 heteroatoms. The first kappa shape index (κ1) is 12.2. The molecule has 1 aromatic heterocycles. The maximum atomic E-state index is 13.0. The first-order chi connectivity index (χ1) is 8.60. The molecule has 0 unspecified atom stereocenters. The molecule has 2 aromatic rings. The fourth-order valence-corrected chi connectivity index (χ4v) is 1.32. The number of aromatic nitrogens is 2. The Morgan fingerprint density at radius 1 is 1.11 bits per heavy atom. The van der Waals surface area contributed by atoms with Gasteiger partial charge < -0.3 is 10.6 Å².